The third-order valence-electron chi connectivity index (χ3n) is 3.32. The van der Waals surface area contributed by atoms with E-state index in [0.29, 0.717) is 11.3 Å². The lowest BCUT2D eigenvalue weighted by atomic mass is 9.92. The molecule has 1 unspecified atom stereocenters. The summed E-state index contributed by atoms with van der Waals surface area (Å²) in [5, 5.41) is 11.0. The summed E-state index contributed by atoms with van der Waals surface area (Å²) in [5.74, 6) is 1.60. The summed E-state index contributed by atoms with van der Waals surface area (Å²) in [6.07, 6.45) is 0. The first-order valence-electron chi connectivity index (χ1n) is 8.03. The van der Waals surface area contributed by atoms with Gasteiger partial charge in [0.2, 0.25) is 6.54 Å². The molecule has 0 radical (unpaired) electrons. The van der Waals surface area contributed by atoms with Crippen LogP contribution in [0.3, 0.4) is 0 Å². The summed E-state index contributed by atoms with van der Waals surface area (Å²) in [6.45, 7) is 2.53. The van der Waals surface area contributed by atoms with Crippen LogP contribution in [0.2, 0.25) is 0 Å². The molecule has 26 heavy (non-hydrogen) atoms. The Bertz CT molecular complexity index is 670. The average Bonchev–Trinajstić information content (AvgIpc) is 2.60. The fraction of sp³-hybridized carbons (Fsp3) is 0.444. The summed E-state index contributed by atoms with van der Waals surface area (Å²) in [6, 6.07) is 6.69. The van der Waals surface area contributed by atoms with Gasteiger partial charge >= 0.3 is 11.9 Å². The van der Waals surface area contributed by atoms with Crippen LogP contribution < -0.4 is 4.74 Å². The number of ether oxygens (including phenoxy) is 3. The van der Waals surface area contributed by atoms with Gasteiger partial charge < -0.3 is 14.2 Å². The monoisotopic (exact) mass is 363 g/mol. The Morgan fingerprint density at radius 1 is 1.12 bits per heavy atom. The van der Waals surface area contributed by atoms with E-state index in [4.69, 9.17) is 14.2 Å². The smallest absolute Gasteiger partial charge is 0.321 e. The van der Waals surface area contributed by atoms with E-state index in [2.05, 4.69) is 11.8 Å². The molecule has 0 saturated carbocycles. The topological polar surface area (TPSA) is 105 Å². The van der Waals surface area contributed by atoms with Crippen LogP contribution in [0.15, 0.2) is 24.3 Å². The molecule has 0 aliphatic rings. The SMILES string of the molecule is CCOC(=O)C(C(=O)OCC)C(C#Cc1ccc(OC)cc1)C[N+](=O)[O-]. The van der Waals surface area contributed by atoms with Gasteiger partial charge in [-0.15, -0.1) is 0 Å². The zero-order valence-electron chi connectivity index (χ0n) is 14.9. The highest BCUT2D eigenvalue weighted by Gasteiger charge is 2.39. The van der Waals surface area contributed by atoms with Gasteiger partial charge in [0.05, 0.1) is 20.3 Å². The zero-order valence-corrected chi connectivity index (χ0v) is 14.9. The van der Waals surface area contributed by atoms with Gasteiger partial charge in [-0.3, -0.25) is 19.7 Å². The molecule has 0 aliphatic heterocycles. The van der Waals surface area contributed by atoms with E-state index >= 15 is 0 Å². The Morgan fingerprint density at radius 3 is 2.08 bits per heavy atom. The van der Waals surface area contributed by atoms with Crippen molar-refractivity contribution >= 4 is 11.9 Å². The molecule has 1 atom stereocenters. The number of benzene rings is 1. The summed E-state index contributed by atoms with van der Waals surface area (Å²) >= 11 is 0. The van der Waals surface area contributed by atoms with Crippen LogP contribution in [-0.4, -0.2) is 43.7 Å². The predicted octanol–water partition coefficient (Wildman–Crippen LogP) is 1.68. The Balaban J connectivity index is 3.17. The lowest BCUT2D eigenvalue weighted by molar-refractivity contribution is -0.486. The number of rotatable bonds is 8. The van der Waals surface area contributed by atoms with Crippen molar-refractivity contribution in [2.45, 2.75) is 13.8 Å². The molecule has 8 heteroatoms. The summed E-state index contributed by atoms with van der Waals surface area (Å²) in [7, 11) is 1.52. The fourth-order valence-corrected chi connectivity index (χ4v) is 2.13. The predicted molar refractivity (Wildman–Crippen MR) is 92.0 cm³/mol. The Hall–Kier alpha value is -3.08. The summed E-state index contributed by atoms with van der Waals surface area (Å²) in [5.41, 5.74) is 0.561. The highest BCUT2D eigenvalue weighted by atomic mass is 16.6. The number of carbonyl (C=O) groups is 2. The van der Waals surface area contributed by atoms with Crippen LogP contribution in [-0.2, 0) is 19.1 Å². The van der Waals surface area contributed by atoms with E-state index in [1.54, 1.807) is 38.1 Å². The molecule has 0 fully saturated rings. The number of nitrogens with zero attached hydrogens (tertiary/aromatic N) is 1. The highest BCUT2D eigenvalue weighted by Crippen LogP contribution is 2.17. The Morgan fingerprint density at radius 2 is 1.65 bits per heavy atom. The lowest BCUT2D eigenvalue weighted by Crippen LogP contribution is -2.37. The number of nitro groups is 1. The standard InChI is InChI=1S/C18H21NO7/c1-4-25-17(20)16(18(21)26-5-2)14(12-19(22)23)9-6-13-7-10-15(24-3)11-8-13/h7-8,10-11,14,16H,4-5,12H2,1-3H3. The van der Waals surface area contributed by atoms with E-state index < -0.39 is 35.2 Å². The molecule has 8 nitrogen and oxygen atoms in total. The lowest BCUT2D eigenvalue weighted by Gasteiger charge is -2.17. The van der Waals surface area contributed by atoms with Gasteiger partial charge in [-0.05, 0) is 38.1 Å². The Kier molecular flexibility index (Phi) is 8.64. The molecular weight excluding hydrogens is 342 g/mol. The number of hydrogen-bond donors (Lipinski definition) is 0. The molecule has 0 heterocycles. The Labute approximate surface area is 151 Å². The van der Waals surface area contributed by atoms with E-state index in [0.717, 1.165) is 0 Å². The molecule has 0 saturated heterocycles. The second kappa shape index (κ2) is 10.7. The summed E-state index contributed by atoms with van der Waals surface area (Å²) < 4.78 is 14.8. The second-order valence-corrected chi connectivity index (χ2v) is 5.10. The zero-order chi connectivity index (χ0) is 19.5. The van der Waals surface area contributed by atoms with Gasteiger partial charge in [0, 0.05) is 10.5 Å². The van der Waals surface area contributed by atoms with Crippen molar-refractivity contribution in [1.82, 2.24) is 0 Å². The fourth-order valence-electron chi connectivity index (χ4n) is 2.13. The normalized spacial score (nSPS) is 11.1. The van der Waals surface area contributed by atoms with Crippen LogP contribution in [0.5, 0.6) is 5.75 Å². The van der Waals surface area contributed by atoms with Gasteiger partial charge in [0.1, 0.15) is 11.7 Å². The van der Waals surface area contributed by atoms with Gasteiger partial charge in [-0.2, -0.15) is 0 Å². The molecule has 0 N–H and O–H groups in total. The van der Waals surface area contributed by atoms with Gasteiger partial charge in [0.25, 0.3) is 0 Å². The van der Waals surface area contributed by atoms with Crippen molar-refractivity contribution in [2.75, 3.05) is 26.9 Å². The molecule has 140 valence electrons. The average molecular weight is 363 g/mol. The largest absolute Gasteiger partial charge is 0.497 e. The van der Waals surface area contributed by atoms with Crippen LogP contribution >= 0.6 is 0 Å². The molecule has 0 spiro atoms. The molecule has 0 aliphatic carbocycles. The van der Waals surface area contributed by atoms with Crippen molar-refractivity contribution in [3.63, 3.8) is 0 Å². The maximum atomic E-state index is 12.1. The molecule has 0 amide bonds. The quantitative estimate of drug-likeness (QED) is 0.227. The first-order valence-corrected chi connectivity index (χ1v) is 8.03. The van der Waals surface area contributed by atoms with Crippen LogP contribution in [0.4, 0.5) is 0 Å². The molecule has 0 bridgehead atoms. The minimum absolute atomic E-state index is 0.0336. The van der Waals surface area contributed by atoms with E-state index in [1.807, 2.05) is 0 Å². The van der Waals surface area contributed by atoms with Crippen molar-refractivity contribution in [3.8, 4) is 17.6 Å². The third kappa shape index (κ3) is 6.43. The number of esters is 2. The third-order valence-corrected chi connectivity index (χ3v) is 3.32. The van der Waals surface area contributed by atoms with Gasteiger partial charge in [0.15, 0.2) is 5.92 Å². The first kappa shape index (κ1) is 21.0. The first-order chi connectivity index (χ1) is 12.4. The van der Waals surface area contributed by atoms with Crippen molar-refractivity contribution in [3.05, 3.63) is 39.9 Å². The second-order valence-electron chi connectivity index (χ2n) is 5.10. The highest BCUT2D eigenvalue weighted by molar-refractivity contribution is 5.95. The molecule has 0 aromatic heterocycles. The number of carbonyl (C=O) groups excluding carboxylic acids is 2. The van der Waals surface area contributed by atoms with E-state index in [9.17, 15) is 19.7 Å². The van der Waals surface area contributed by atoms with Gasteiger partial charge in [-0.25, -0.2) is 0 Å². The van der Waals surface area contributed by atoms with Crippen LogP contribution in [0.1, 0.15) is 19.4 Å². The van der Waals surface area contributed by atoms with E-state index in [-0.39, 0.29) is 13.2 Å². The molecule has 1 aromatic carbocycles. The molecule has 1 rings (SSSR count). The van der Waals surface area contributed by atoms with Crippen molar-refractivity contribution in [2.24, 2.45) is 11.8 Å². The minimum Gasteiger partial charge on any atom is -0.497 e. The van der Waals surface area contributed by atoms with E-state index in [1.165, 1.54) is 7.11 Å². The molecule has 1 aromatic rings. The summed E-state index contributed by atoms with van der Waals surface area (Å²) in [4.78, 5) is 34.7. The maximum Gasteiger partial charge on any atom is 0.321 e. The van der Waals surface area contributed by atoms with Crippen molar-refractivity contribution in [1.29, 1.82) is 0 Å². The number of hydrogen-bond acceptors (Lipinski definition) is 7. The molecular formula is C18H21NO7. The maximum absolute atomic E-state index is 12.1. The minimum atomic E-state index is -1.48. The van der Waals surface area contributed by atoms with Crippen molar-refractivity contribution < 1.29 is 28.7 Å². The van der Waals surface area contributed by atoms with Crippen LogP contribution in [0, 0.1) is 33.8 Å². The number of methoxy groups -OCH3 is 1. The van der Waals surface area contributed by atoms with Gasteiger partial charge in [-0.1, -0.05) is 11.8 Å². The van der Waals surface area contributed by atoms with Crippen LogP contribution in [0.25, 0.3) is 0 Å².